The first-order valence-corrected chi connectivity index (χ1v) is 3.27. The minimum absolute atomic E-state index is 0.147. The smallest absolute Gasteiger partial charge is 0.106 e. The number of rotatable bonds is 2. The number of hydrogen-bond donors (Lipinski definition) is 2. The molecule has 0 aromatic heterocycles. The van der Waals surface area contributed by atoms with E-state index in [1.54, 1.807) is 0 Å². The van der Waals surface area contributed by atoms with Gasteiger partial charge in [0.05, 0.1) is 19.9 Å². The van der Waals surface area contributed by atoms with Crippen LogP contribution in [0.3, 0.4) is 0 Å². The molecule has 0 aromatic rings. The van der Waals surface area contributed by atoms with Gasteiger partial charge in [-0.3, -0.25) is 0 Å². The summed E-state index contributed by atoms with van der Waals surface area (Å²) in [5.74, 6) is 0. The maximum Gasteiger partial charge on any atom is 0.106 e. The Morgan fingerprint density at radius 1 is 1.70 bits per heavy atom. The van der Waals surface area contributed by atoms with Crippen molar-refractivity contribution in [2.75, 3.05) is 6.61 Å². The maximum absolute atomic E-state index is 9.13. The van der Waals surface area contributed by atoms with E-state index in [-0.39, 0.29) is 12.6 Å². The molecule has 53 valence electrons. The summed E-state index contributed by atoms with van der Waals surface area (Å²) >= 11 is 0. The van der Waals surface area contributed by atoms with Crippen LogP contribution in [0.4, 0.5) is 0 Å². The summed E-state index contributed by atoms with van der Waals surface area (Å²) in [6.07, 6.45) is -0.540. The molecular formula is C5H9B2O3. The van der Waals surface area contributed by atoms with Crippen LogP contribution in [-0.4, -0.2) is 49.9 Å². The van der Waals surface area contributed by atoms with Crippen molar-refractivity contribution in [2.45, 2.75) is 24.6 Å². The maximum atomic E-state index is 9.13. The van der Waals surface area contributed by atoms with Crippen molar-refractivity contribution in [1.29, 1.82) is 0 Å². The van der Waals surface area contributed by atoms with Gasteiger partial charge >= 0.3 is 0 Å². The first kappa shape index (κ1) is 8.11. The highest BCUT2D eigenvalue weighted by molar-refractivity contribution is 6.90. The predicted octanol–water partition coefficient (Wildman–Crippen LogP) is -1.76. The molecule has 3 atom stereocenters. The Bertz CT molecular complexity index is 111. The monoisotopic (exact) mass is 139 g/mol. The molecule has 2 N–H and O–H groups in total. The highest BCUT2D eigenvalue weighted by atomic mass is 16.5. The van der Waals surface area contributed by atoms with Crippen molar-refractivity contribution in [3.8, 4) is 0 Å². The van der Waals surface area contributed by atoms with Crippen molar-refractivity contribution in [2.24, 2.45) is 0 Å². The second kappa shape index (κ2) is 3.42. The van der Waals surface area contributed by atoms with E-state index in [1.807, 2.05) is 0 Å². The first-order chi connectivity index (χ1) is 4.77. The fraction of sp³-hybridized carbons (Fsp3) is 1.00. The van der Waals surface area contributed by atoms with Crippen LogP contribution in [0.25, 0.3) is 0 Å². The predicted molar refractivity (Wildman–Crippen MR) is 37.9 cm³/mol. The lowest BCUT2D eigenvalue weighted by molar-refractivity contribution is -0.00434. The minimum Gasteiger partial charge on any atom is -0.394 e. The lowest BCUT2D eigenvalue weighted by atomic mass is 9.51. The van der Waals surface area contributed by atoms with E-state index in [2.05, 4.69) is 0 Å². The second-order valence-electron chi connectivity index (χ2n) is 2.39. The molecule has 0 saturated carbocycles. The third-order valence-electron chi connectivity index (χ3n) is 1.65. The van der Waals surface area contributed by atoms with E-state index in [9.17, 15) is 0 Å². The molecule has 5 heteroatoms. The average Bonchev–Trinajstić information content (AvgIpc) is 2.30. The van der Waals surface area contributed by atoms with Crippen molar-refractivity contribution in [1.82, 2.24) is 0 Å². The zero-order valence-corrected chi connectivity index (χ0v) is 5.60. The summed E-state index contributed by atoms with van der Waals surface area (Å²) in [5.41, 5.74) is 0. The van der Waals surface area contributed by atoms with Crippen molar-refractivity contribution >= 4 is 14.9 Å². The Kier molecular flexibility index (Phi) is 2.77. The fourth-order valence-corrected chi connectivity index (χ4v) is 1.05. The van der Waals surface area contributed by atoms with Gasteiger partial charge < -0.3 is 14.9 Å². The molecule has 1 unspecified atom stereocenters. The van der Waals surface area contributed by atoms with E-state index >= 15 is 0 Å². The number of aliphatic hydroxyl groups is 2. The van der Waals surface area contributed by atoms with Crippen LogP contribution in [0.5, 0.6) is 0 Å². The SMILES string of the molecule is [B][B][C@H]1CC(O)[C@@H](CO)O1. The van der Waals surface area contributed by atoms with Gasteiger partial charge in [0.25, 0.3) is 0 Å². The molecule has 1 aliphatic heterocycles. The van der Waals surface area contributed by atoms with E-state index in [1.165, 1.54) is 7.17 Å². The second-order valence-corrected chi connectivity index (χ2v) is 2.39. The fourth-order valence-electron chi connectivity index (χ4n) is 1.05. The minimum atomic E-state index is -0.574. The van der Waals surface area contributed by atoms with Crippen molar-refractivity contribution < 1.29 is 14.9 Å². The highest BCUT2D eigenvalue weighted by Crippen LogP contribution is 2.18. The molecule has 1 saturated heterocycles. The number of hydrogen-bond acceptors (Lipinski definition) is 3. The van der Waals surface area contributed by atoms with Gasteiger partial charge in [0.1, 0.15) is 6.10 Å². The van der Waals surface area contributed by atoms with Gasteiger partial charge in [-0.2, -0.15) is 0 Å². The third-order valence-corrected chi connectivity index (χ3v) is 1.65. The van der Waals surface area contributed by atoms with E-state index in [0.717, 1.165) is 0 Å². The van der Waals surface area contributed by atoms with Crippen molar-refractivity contribution in [3.05, 3.63) is 0 Å². The summed E-state index contributed by atoms with van der Waals surface area (Å²) in [5, 5.41) is 17.7. The zero-order chi connectivity index (χ0) is 7.56. The summed E-state index contributed by atoms with van der Waals surface area (Å²) < 4.78 is 5.09. The topological polar surface area (TPSA) is 49.7 Å². The highest BCUT2D eigenvalue weighted by Gasteiger charge is 2.31. The molecule has 0 aromatic carbocycles. The molecule has 1 aliphatic rings. The number of aliphatic hydroxyl groups excluding tert-OH is 2. The van der Waals surface area contributed by atoms with E-state index < -0.39 is 12.2 Å². The Balaban J connectivity index is 2.36. The summed E-state index contributed by atoms with van der Waals surface area (Å²) in [4.78, 5) is 0. The molecule has 1 fully saturated rings. The molecule has 1 rings (SSSR count). The van der Waals surface area contributed by atoms with Crippen LogP contribution in [0.2, 0.25) is 0 Å². The molecule has 3 radical (unpaired) electrons. The number of ether oxygens (including phenoxy) is 1. The summed E-state index contributed by atoms with van der Waals surface area (Å²) in [6, 6.07) is -0.202. The summed E-state index contributed by atoms with van der Waals surface area (Å²) in [6.45, 7) is -0.147. The molecule has 0 bridgehead atoms. The Morgan fingerprint density at radius 2 is 2.40 bits per heavy atom. The van der Waals surface area contributed by atoms with E-state index in [4.69, 9.17) is 22.7 Å². The standard InChI is InChI=1S/C5H9B2O3/c6-7-5-1-3(9)4(2-8)10-5/h3-5,8-9H,1-2H2/t3?,4-,5-/m1/s1. The quantitative estimate of drug-likeness (QED) is 0.445. The molecule has 0 amide bonds. The van der Waals surface area contributed by atoms with Gasteiger partial charge in [-0.15, -0.1) is 0 Å². The van der Waals surface area contributed by atoms with Gasteiger partial charge in [0.2, 0.25) is 0 Å². The average molecular weight is 139 g/mol. The van der Waals surface area contributed by atoms with Crippen LogP contribution in [0.15, 0.2) is 0 Å². The van der Waals surface area contributed by atoms with Crippen LogP contribution in [0, 0.1) is 0 Å². The molecule has 3 nitrogen and oxygen atoms in total. The molecule has 10 heavy (non-hydrogen) atoms. The Hall–Kier alpha value is 0.00987. The third kappa shape index (κ3) is 1.54. The van der Waals surface area contributed by atoms with Gasteiger partial charge in [0, 0.05) is 13.7 Å². The van der Waals surface area contributed by atoms with Crippen LogP contribution in [0.1, 0.15) is 6.42 Å². The van der Waals surface area contributed by atoms with Crippen LogP contribution >= 0.6 is 0 Å². The van der Waals surface area contributed by atoms with E-state index in [0.29, 0.717) is 6.42 Å². The zero-order valence-electron chi connectivity index (χ0n) is 5.60. The molecular weight excluding hydrogens is 130 g/mol. The lowest BCUT2D eigenvalue weighted by Gasteiger charge is -2.09. The normalized spacial score (nSPS) is 40.0. The summed E-state index contributed by atoms with van der Waals surface area (Å²) in [7, 11) is 6.56. The molecule has 0 aliphatic carbocycles. The van der Waals surface area contributed by atoms with Gasteiger partial charge in [-0.1, -0.05) is 0 Å². The van der Waals surface area contributed by atoms with Crippen LogP contribution in [-0.2, 0) is 4.74 Å². The molecule has 0 spiro atoms. The Labute approximate surface area is 62.0 Å². The first-order valence-electron chi connectivity index (χ1n) is 3.27. The largest absolute Gasteiger partial charge is 0.394 e. The molecule has 1 heterocycles. The lowest BCUT2D eigenvalue weighted by Crippen LogP contribution is -2.24. The van der Waals surface area contributed by atoms with Gasteiger partial charge in [-0.05, 0) is 6.42 Å². The van der Waals surface area contributed by atoms with Crippen LogP contribution < -0.4 is 0 Å². The van der Waals surface area contributed by atoms with Crippen molar-refractivity contribution in [3.63, 3.8) is 0 Å². The Morgan fingerprint density at radius 3 is 2.70 bits per heavy atom. The van der Waals surface area contributed by atoms with Gasteiger partial charge in [-0.25, -0.2) is 0 Å². The van der Waals surface area contributed by atoms with Gasteiger partial charge in [0.15, 0.2) is 0 Å².